The molecular weight excluding hydrogens is 332 g/mol. The Kier molecular flexibility index (Phi) is 6.49. The van der Waals surface area contributed by atoms with E-state index in [4.69, 9.17) is 5.11 Å². The highest BCUT2D eigenvalue weighted by Gasteiger charge is 2.10. The lowest BCUT2D eigenvalue weighted by atomic mass is 10.1. The monoisotopic (exact) mass is 354 g/mol. The number of carbonyl (C=O) groups excluding carboxylic acids is 2. The molecule has 0 atom stereocenters. The molecule has 6 nitrogen and oxygen atoms in total. The molecule has 0 bridgehead atoms. The number of hydrogen-bond acceptors (Lipinski definition) is 3. The third-order valence-electron chi connectivity index (χ3n) is 3.97. The Labute approximate surface area is 152 Å². The zero-order chi connectivity index (χ0) is 19.1. The van der Waals surface area contributed by atoms with Crippen LogP contribution in [0.5, 0.6) is 0 Å². The lowest BCUT2D eigenvalue weighted by Gasteiger charge is -2.10. The molecule has 0 aromatic heterocycles. The molecule has 0 radical (unpaired) electrons. The largest absolute Gasteiger partial charge is 0.478 e. The third kappa shape index (κ3) is 5.73. The summed E-state index contributed by atoms with van der Waals surface area (Å²) in [4.78, 5) is 34.9. The lowest BCUT2D eigenvalue weighted by Crippen LogP contribution is -2.33. The van der Waals surface area contributed by atoms with Crippen LogP contribution in [-0.4, -0.2) is 29.4 Å². The molecule has 2 aromatic rings. The number of anilines is 1. The number of aryl methyl sites for hydroxylation is 3. The summed E-state index contributed by atoms with van der Waals surface area (Å²) in [5, 5.41) is 14.2. The maximum Gasteiger partial charge on any atom is 0.335 e. The number of carbonyl (C=O) groups is 3. The van der Waals surface area contributed by atoms with Crippen LogP contribution in [0.1, 0.15) is 33.5 Å². The van der Waals surface area contributed by atoms with Crippen LogP contribution in [0.2, 0.25) is 0 Å². The maximum absolute atomic E-state index is 12.0. The standard InChI is InChI=1S/C20H22N2O4/c1-13-3-6-15(7-4-13)8-10-18(23)21-12-19(24)22-17-11-16(20(25)26)9-5-14(17)2/h3-7,9,11H,8,10,12H2,1-2H3,(H,21,23)(H,22,24)(H,25,26). The van der Waals surface area contributed by atoms with Crippen LogP contribution in [0, 0.1) is 13.8 Å². The summed E-state index contributed by atoms with van der Waals surface area (Å²) in [5.74, 6) is -1.68. The first-order chi connectivity index (χ1) is 12.3. The van der Waals surface area contributed by atoms with Gasteiger partial charge in [0, 0.05) is 12.1 Å². The van der Waals surface area contributed by atoms with E-state index in [-0.39, 0.29) is 18.0 Å². The first kappa shape index (κ1) is 19.2. The molecule has 0 aliphatic carbocycles. The molecule has 3 N–H and O–H groups in total. The molecule has 136 valence electrons. The average molecular weight is 354 g/mol. The van der Waals surface area contributed by atoms with Gasteiger partial charge in [-0.3, -0.25) is 9.59 Å². The van der Waals surface area contributed by atoms with Gasteiger partial charge in [-0.15, -0.1) is 0 Å². The van der Waals surface area contributed by atoms with Crippen LogP contribution in [0.3, 0.4) is 0 Å². The van der Waals surface area contributed by atoms with Gasteiger partial charge in [0.1, 0.15) is 0 Å². The number of hydrogen-bond donors (Lipinski definition) is 3. The van der Waals surface area contributed by atoms with E-state index in [0.29, 0.717) is 18.5 Å². The number of nitrogens with one attached hydrogen (secondary N) is 2. The number of rotatable bonds is 7. The van der Waals surface area contributed by atoms with Crippen molar-refractivity contribution in [2.45, 2.75) is 26.7 Å². The Morgan fingerprint density at radius 3 is 2.31 bits per heavy atom. The van der Waals surface area contributed by atoms with Crippen molar-refractivity contribution in [1.29, 1.82) is 0 Å². The summed E-state index contributed by atoms with van der Waals surface area (Å²) in [6.07, 6.45) is 0.900. The zero-order valence-corrected chi connectivity index (χ0v) is 14.8. The molecule has 0 saturated heterocycles. The summed E-state index contributed by atoms with van der Waals surface area (Å²) in [6.45, 7) is 3.60. The number of amides is 2. The average Bonchev–Trinajstić information content (AvgIpc) is 2.61. The predicted octanol–water partition coefficient (Wildman–Crippen LogP) is 2.69. The van der Waals surface area contributed by atoms with E-state index in [0.717, 1.165) is 16.7 Å². The van der Waals surface area contributed by atoms with Crippen molar-refractivity contribution in [2.75, 3.05) is 11.9 Å². The van der Waals surface area contributed by atoms with Gasteiger partial charge in [0.05, 0.1) is 12.1 Å². The first-order valence-electron chi connectivity index (χ1n) is 8.31. The minimum Gasteiger partial charge on any atom is -0.478 e. The molecule has 0 heterocycles. The highest BCUT2D eigenvalue weighted by Crippen LogP contribution is 2.16. The highest BCUT2D eigenvalue weighted by molar-refractivity contribution is 5.97. The van der Waals surface area contributed by atoms with Crippen LogP contribution >= 0.6 is 0 Å². The van der Waals surface area contributed by atoms with Crippen molar-refractivity contribution >= 4 is 23.5 Å². The molecule has 0 aliphatic rings. The first-order valence-corrected chi connectivity index (χ1v) is 8.31. The van der Waals surface area contributed by atoms with Crippen LogP contribution < -0.4 is 10.6 Å². The molecule has 0 aliphatic heterocycles. The zero-order valence-electron chi connectivity index (χ0n) is 14.8. The quantitative estimate of drug-likeness (QED) is 0.712. The molecule has 26 heavy (non-hydrogen) atoms. The van der Waals surface area contributed by atoms with Crippen LogP contribution in [-0.2, 0) is 16.0 Å². The van der Waals surface area contributed by atoms with Crippen molar-refractivity contribution in [3.05, 3.63) is 64.7 Å². The van der Waals surface area contributed by atoms with Gasteiger partial charge in [0.15, 0.2) is 0 Å². The van der Waals surface area contributed by atoms with Crippen molar-refractivity contribution in [3.8, 4) is 0 Å². The second-order valence-corrected chi connectivity index (χ2v) is 6.15. The van der Waals surface area contributed by atoms with Gasteiger partial charge in [-0.05, 0) is 43.5 Å². The van der Waals surface area contributed by atoms with Gasteiger partial charge in [0.25, 0.3) is 0 Å². The van der Waals surface area contributed by atoms with E-state index in [1.807, 2.05) is 31.2 Å². The van der Waals surface area contributed by atoms with Gasteiger partial charge < -0.3 is 15.7 Å². The molecular formula is C20H22N2O4. The van der Waals surface area contributed by atoms with Crippen molar-refractivity contribution in [1.82, 2.24) is 5.32 Å². The van der Waals surface area contributed by atoms with Gasteiger partial charge in [-0.1, -0.05) is 35.9 Å². The molecule has 2 aromatic carbocycles. The molecule has 2 rings (SSSR count). The second kappa shape index (κ2) is 8.80. The fourth-order valence-electron chi connectivity index (χ4n) is 2.36. The summed E-state index contributed by atoms with van der Waals surface area (Å²) in [6, 6.07) is 12.4. The smallest absolute Gasteiger partial charge is 0.335 e. The van der Waals surface area contributed by atoms with Crippen molar-refractivity contribution in [2.24, 2.45) is 0 Å². The summed E-state index contributed by atoms with van der Waals surface area (Å²) < 4.78 is 0. The number of aromatic carboxylic acids is 1. The Hall–Kier alpha value is -3.15. The summed E-state index contributed by atoms with van der Waals surface area (Å²) in [7, 11) is 0. The Morgan fingerprint density at radius 2 is 1.65 bits per heavy atom. The fraction of sp³-hybridized carbons (Fsp3) is 0.250. The van der Waals surface area contributed by atoms with E-state index >= 15 is 0 Å². The summed E-state index contributed by atoms with van der Waals surface area (Å²) in [5.41, 5.74) is 3.49. The van der Waals surface area contributed by atoms with E-state index in [2.05, 4.69) is 10.6 Å². The van der Waals surface area contributed by atoms with E-state index in [9.17, 15) is 14.4 Å². The highest BCUT2D eigenvalue weighted by atomic mass is 16.4. The molecule has 2 amide bonds. The lowest BCUT2D eigenvalue weighted by molar-refractivity contribution is -0.124. The van der Waals surface area contributed by atoms with Crippen LogP contribution in [0.4, 0.5) is 5.69 Å². The van der Waals surface area contributed by atoms with Gasteiger partial charge in [-0.25, -0.2) is 4.79 Å². The minimum absolute atomic E-state index is 0.0908. The van der Waals surface area contributed by atoms with Gasteiger partial charge in [-0.2, -0.15) is 0 Å². The molecule has 0 saturated carbocycles. The fourth-order valence-corrected chi connectivity index (χ4v) is 2.36. The van der Waals surface area contributed by atoms with E-state index in [1.54, 1.807) is 13.0 Å². The van der Waals surface area contributed by atoms with E-state index < -0.39 is 11.9 Å². The Balaban J connectivity index is 1.81. The third-order valence-corrected chi connectivity index (χ3v) is 3.97. The number of carboxylic acid groups (broad SMARTS) is 1. The summed E-state index contributed by atoms with van der Waals surface area (Å²) >= 11 is 0. The van der Waals surface area contributed by atoms with Crippen LogP contribution in [0.25, 0.3) is 0 Å². The SMILES string of the molecule is Cc1ccc(CCC(=O)NCC(=O)Nc2cc(C(=O)O)ccc2C)cc1. The Bertz CT molecular complexity index is 813. The second-order valence-electron chi connectivity index (χ2n) is 6.15. The maximum atomic E-state index is 12.0. The van der Waals surface area contributed by atoms with Crippen molar-refractivity contribution in [3.63, 3.8) is 0 Å². The number of carboxylic acids is 1. The van der Waals surface area contributed by atoms with Crippen molar-refractivity contribution < 1.29 is 19.5 Å². The predicted molar refractivity (Wildman–Crippen MR) is 99.3 cm³/mol. The molecule has 0 fully saturated rings. The molecule has 0 unspecified atom stereocenters. The minimum atomic E-state index is -1.06. The molecule has 6 heteroatoms. The topological polar surface area (TPSA) is 95.5 Å². The normalized spacial score (nSPS) is 10.2. The Morgan fingerprint density at radius 1 is 0.962 bits per heavy atom. The van der Waals surface area contributed by atoms with Crippen LogP contribution in [0.15, 0.2) is 42.5 Å². The van der Waals surface area contributed by atoms with E-state index in [1.165, 1.54) is 12.1 Å². The molecule has 0 spiro atoms. The van der Waals surface area contributed by atoms with Gasteiger partial charge >= 0.3 is 5.97 Å². The number of benzene rings is 2. The van der Waals surface area contributed by atoms with Gasteiger partial charge in [0.2, 0.25) is 11.8 Å².